The number of aryl methyl sites for hydroxylation is 1. The van der Waals surface area contributed by atoms with Crippen LogP contribution >= 0.6 is 0 Å². The number of aromatic amines is 1. The number of hydrazine groups is 1. The van der Waals surface area contributed by atoms with Gasteiger partial charge in [-0.15, -0.1) is 0 Å². The third kappa shape index (κ3) is 2.65. The van der Waals surface area contributed by atoms with Crippen LogP contribution in [0.2, 0.25) is 0 Å². The van der Waals surface area contributed by atoms with Crippen molar-refractivity contribution in [2.24, 2.45) is 5.84 Å². The smallest absolute Gasteiger partial charge is 0.236 e. The van der Waals surface area contributed by atoms with Crippen LogP contribution in [0.3, 0.4) is 0 Å². The number of rotatable bonds is 4. The van der Waals surface area contributed by atoms with Crippen molar-refractivity contribution < 1.29 is 4.79 Å². The molecule has 17 heavy (non-hydrogen) atoms. The summed E-state index contributed by atoms with van der Waals surface area (Å²) in [6, 6.07) is 8.18. The second-order valence-corrected chi connectivity index (χ2v) is 4.22. The molecule has 3 N–H and O–H groups in total. The lowest BCUT2D eigenvalue weighted by Crippen LogP contribution is -2.32. The zero-order valence-corrected chi connectivity index (χ0v) is 9.94. The first-order valence-corrected chi connectivity index (χ1v) is 5.74. The first-order valence-electron chi connectivity index (χ1n) is 5.74. The molecule has 0 aliphatic carbocycles. The van der Waals surface area contributed by atoms with Gasteiger partial charge in [0.15, 0.2) is 0 Å². The molecule has 2 rings (SSSR count). The van der Waals surface area contributed by atoms with Gasteiger partial charge in [-0.3, -0.25) is 9.80 Å². The molecular weight excluding hydrogens is 214 g/mol. The topological polar surface area (TPSA) is 62.1 Å². The maximum absolute atomic E-state index is 11.3. The van der Waals surface area contributed by atoms with E-state index in [-0.39, 0.29) is 5.91 Å². The Kier molecular flexibility index (Phi) is 3.44. The minimum atomic E-state index is -0.0233. The molecule has 2 aromatic rings. The van der Waals surface area contributed by atoms with E-state index in [1.54, 1.807) is 7.05 Å². The number of fused-ring (bicyclic) bond motifs is 1. The van der Waals surface area contributed by atoms with Gasteiger partial charge in [-0.25, -0.2) is 5.84 Å². The Labute approximate surface area is 100 Å². The van der Waals surface area contributed by atoms with E-state index in [9.17, 15) is 4.79 Å². The summed E-state index contributed by atoms with van der Waals surface area (Å²) in [5, 5.41) is 2.39. The Morgan fingerprint density at radius 3 is 2.94 bits per heavy atom. The van der Waals surface area contributed by atoms with Crippen molar-refractivity contribution in [1.29, 1.82) is 0 Å². The fourth-order valence-electron chi connectivity index (χ4n) is 1.94. The number of hydrogen-bond donors (Lipinski definition) is 2. The molecule has 1 heterocycles. The Balaban J connectivity index is 1.98. The molecule has 4 heteroatoms. The number of amides is 1. The summed E-state index contributed by atoms with van der Waals surface area (Å²) < 4.78 is 0. The Morgan fingerprint density at radius 1 is 1.41 bits per heavy atom. The fraction of sp³-hybridized carbons (Fsp3) is 0.308. The molecule has 0 saturated heterocycles. The Bertz CT molecular complexity index is 516. The highest BCUT2D eigenvalue weighted by molar-refractivity contribution is 5.83. The van der Waals surface area contributed by atoms with Crippen molar-refractivity contribution in [3.63, 3.8) is 0 Å². The monoisotopic (exact) mass is 231 g/mol. The van der Waals surface area contributed by atoms with E-state index in [2.05, 4.69) is 17.1 Å². The number of para-hydroxylation sites is 1. The molecule has 0 saturated carbocycles. The fourth-order valence-corrected chi connectivity index (χ4v) is 1.94. The van der Waals surface area contributed by atoms with Crippen LogP contribution in [0.15, 0.2) is 30.5 Å². The lowest BCUT2D eigenvalue weighted by Gasteiger charge is -2.08. The summed E-state index contributed by atoms with van der Waals surface area (Å²) in [6.45, 7) is 0. The van der Waals surface area contributed by atoms with E-state index in [1.807, 2.05) is 18.3 Å². The first-order chi connectivity index (χ1) is 8.18. The van der Waals surface area contributed by atoms with Crippen molar-refractivity contribution >= 4 is 16.8 Å². The quantitative estimate of drug-likeness (QED) is 0.479. The molecule has 0 fully saturated rings. The van der Waals surface area contributed by atoms with Gasteiger partial charge in [0.05, 0.1) is 0 Å². The molecule has 0 radical (unpaired) electrons. The predicted octanol–water partition coefficient (Wildman–Crippen LogP) is 1.82. The number of carbonyl (C=O) groups is 1. The average molecular weight is 231 g/mol. The van der Waals surface area contributed by atoms with E-state index in [1.165, 1.54) is 10.9 Å². The lowest BCUT2D eigenvalue weighted by atomic mass is 10.1. The Hall–Kier alpha value is -1.81. The predicted molar refractivity (Wildman–Crippen MR) is 68.2 cm³/mol. The number of benzene rings is 1. The number of nitrogens with zero attached hydrogens (tertiary/aromatic N) is 1. The molecule has 1 aromatic carbocycles. The standard InChI is InChI=1S/C13H17N3O/c1-16(14)13(17)8-4-5-10-9-15-12-7-3-2-6-11(10)12/h2-3,6-7,9,15H,4-5,8,14H2,1H3. The number of nitrogens with one attached hydrogen (secondary N) is 1. The van der Waals surface area contributed by atoms with Gasteiger partial charge in [0, 0.05) is 30.6 Å². The van der Waals surface area contributed by atoms with Crippen LogP contribution in [-0.4, -0.2) is 22.9 Å². The van der Waals surface area contributed by atoms with Crippen molar-refractivity contribution in [1.82, 2.24) is 9.99 Å². The summed E-state index contributed by atoms with van der Waals surface area (Å²) in [6.07, 6.45) is 4.22. The van der Waals surface area contributed by atoms with Gasteiger partial charge in [-0.2, -0.15) is 0 Å². The van der Waals surface area contributed by atoms with Gasteiger partial charge < -0.3 is 4.98 Å². The molecule has 0 aliphatic heterocycles. The van der Waals surface area contributed by atoms with Crippen LogP contribution in [0.1, 0.15) is 18.4 Å². The van der Waals surface area contributed by atoms with E-state index in [4.69, 9.17) is 5.84 Å². The van der Waals surface area contributed by atoms with Crippen LogP contribution in [0, 0.1) is 0 Å². The maximum atomic E-state index is 11.3. The van der Waals surface area contributed by atoms with Gasteiger partial charge in [-0.05, 0) is 24.5 Å². The highest BCUT2D eigenvalue weighted by Crippen LogP contribution is 2.19. The van der Waals surface area contributed by atoms with Crippen LogP contribution < -0.4 is 5.84 Å². The molecule has 0 spiro atoms. The molecule has 0 unspecified atom stereocenters. The molecule has 0 bridgehead atoms. The van der Waals surface area contributed by atoms with E-state index in [0.29, 0.717) is 6.42 Å². The van der Waals surface area contributed by atoms with Gasteiger partial charge in [0.1, 0.15) is 0 Å². The number of aromatic nitrogens is 1. The molecular formula is C13H17N3O. The third-order valence-corrected chi connectivity index (χ3v) is 2.91. The highest BCUT2D eigenvalue weighted by atomic mass is 16.2. The van der Waals surface area contributed by atoms with E-state index < -0.39 is 0 Å². The van der Waals surface area contributed by atoms with Gasteiger partial charge in [0.2, 0.25) is 5.91 Å². The van der Waals surface area contributed by atoms with E-state index >= 15 is 0 Å². The van der Waals surface area contributed by atoms with Gasteiger partial charge >= 0.3 is 0 Å². The van der Waals surface area contributed by atoms with Crippen molar-refractivity contribution in [2.75, 3.05) is 7.05 Å². The zero-order chi connectivity index (χ0) is 12.3. The molecule has 1 amide bonds. The molecule has 4 nitrogen and oxygen atoms in total. The summed E-state index contributed by atoms with van der Waals surface area (Å²) in [4.78, 5) is 14.6. The maximum Gasteiger partial charge on any atom is 0.236 e. The van der Waals surface area contributed by atoms with Crippen LogP contribution in [0.4, 0.5) is 0 Å². The summed E-state index contributed by atoms with van der Waals surface area (Å²) in [7, 11) is 1.58. The minimum absolute atomic E-state index is 0.0233. The number of H-pyrrole nitrogens is 1. The number of nitrogens with two attached hydrogens (primary N) is 1. The van der Waals surface area contributed by atoms with Crippen LogP contribution in [0.5, 0.6) is 0 Å². The first kappa shape index (κ1) is 11.7. The van der Waals surface area contributed by atoms with Gasteiger partial charge in [-0.1, -0.05) is 18.2 Å². The summed E-state index contributed by atoms with van der Waals surface area (Å²) in [5.41, 5.74) is 2.40. The third-order valence-electron chi connectivity index (χ3n) is 2.91. The largest absolute Gasteiger partial charge is 0.361 e. The van der Waals surface area contributed by atoms with Crippen LogP contribution in [-0.2, 0) is 11.2 Å². The minimum Gasteiger partial charge on any atom is -0.361 e. The normalized spacial score (nSPS) is 10.7. The second-order valence-electron chi connectivity index (χ2n) is 4.22. The van der Waals surface area contributed by atoms with E-state index in [0.717, 1.165) is 23.4 Å². The van der Waals surface area contributed by atoms with Crippen molar-refractivity contribution in [2.45, 2.75) is 19.3 Å². The molecule has 0 atom stereocenters. The average Bonchev–Trinajstić information content (AvgIpc) is 2.72. The molecule has 90 valence electrons. The number of carbonyl (C=O) groups excluding carboxylic acids is 1. The lowest BCUT2D eigenvalue weighted by molar-refractivity contribution is -0.130. The molecule has 0 aliphatic rings. The highest BCUT2D eigenvalue weighted by Gasteiger charge is 2.06. The van der Waals surface area contributed by atoms with Crippen LogP contribution in [0.25, 0.3) is 10.9 Å². The summed E-state index contributed by atoms with van der Waals surface area (Å²) in [5.74, 6) is 5.34. The number of hydrogen-bond acceptors (Lipinski definition) is 2. The summed E-state index contributed by atoms with van der Waals surface area (Å²) >= 11 is 0. The SMILES string of the molecule is CN(N)C(=O)CCCc1c[nH]c2ccccc12. The second kappa shape index (κ2) is 5.01. The van der Waals surface area contributed by atoms with Crippen molar-refractivity contribution in [3.8, 4) is 0 Å². The zero-order valence-electron chi connectivity index (χ0n) is 9.94. The van der Waals surface area contributed by atoms with Crippen molar-refractivity contribution in [3.05, 3.63) is 36.0 Å². The van der Waals surface area contributed by atoms with Gasteiger partial charge in [0.25, 0.3) is 0 Å². The Morgan fingerprint density at radius 2 is 2.18 bits per heavy atom. The molecule has 1 aromatic heterocycles.